The first kappa shape index (κ1) is 37.1. The number of thiophene rings is 1. The van der Waals surface area contributed by atoms with Gasteiger partial charge in [0.25, 0.3) is 0 Å². The Balaban J connectivity index is 1.04. The molecule has 0 N–H and O–H groups in total. The Morgan fingerprint density at radius 3 is 1.18 bits per heavy atom. The van der Waals surface area contributed by atoms with Crippen LogP contribution in [0.25, 0.3) is 54.6 Å². The summed E-state index contributed by atoms with van der Waals surface area (Å²) >= 11 is 1.74. The van der Waals surface area contributed by atoms with Gasteiger partial charge < -0.3 is 4.90 Å². The van der Waals surface area contributed by atoms with E-state index in [-0.39, 0.29) is 29.7 Å². The van der Waals surface area contributed by atoms with E-state index in [0.717, 1.165) is 50.4 Å². The molecule has 1 aromatic heterocycles. The number of hydrogen-bond acceptors (Lipinski definition) is 2. The molecule has 1 heterocycles. The van der Waals surface area contributed by atoms with Gasteiger partial charge in [-0.15, -0.1) is 11.3 Å². The number of hydrogen-bond donors (Lipinski definition) is 0. The smallest absolute Gasteiger partial charge is 0.0714 e. The maximum absolute atomic E-state index is 9.08. The van der Waals surface area contributed by atoms with Crippen LogP contribution in [0.15, 0.2) is 284 Å². The molecule has 0 atom stereocenters. The molecule has 338 valence electrons. The molecule has 14 rings (SSSR count). The van der Waals surface area contributed by atoms with Crippen LogP contribution in [0.2, 0.25) is 0 Å². The lowest BCUT2D eigenvalue weighted by atomic mass is 9.67. The maximum Gasteiger partial charge on any atom is 0.0714 e. The fourth-order valence-corrected chi connectivity index (χ4v) is 12.9. The zero-order chi connectivity index (χ0) is 52.0. The Morgan fingerprint density at radius 2 is 0.708 bits per heavy atom. The second-order valence-corrected chi connectivity index (χ2v) is 19.7. The molecule has 0 saturated heterocycles. The molecule has 72 heavy (non-hydrogen) atoms. The van der Waals surface area contributed by atoms with Crippen molar-refractivity contribution in [2.45, 2.75) is 10.8 Å². The van der Waals surface area contributed by atoms with E-state index in [1.807, 2.05) is 18.2 Å². The van der Waals surface area contributed by atoms with Crippen molar-refractivity contribution in [3.05, 3.63) is 329 Å². The monoisotopic (exact) mass is 938 g/mol. The maximum atomic E-state index is 9.08. The average Bonchev–Trinajstić information content (AvgIpc) is 4.24. The van der Waals surface area contributed by atoms with E-state index in [1.54, 1.807) is 11.3 Å². The van der Waals surface area contributed by atoms with Gasteiger partial charge in [0.1, 0.15) is 0 Å². The Labute approximate surface area is 432 Å². The highest BCUT2D eigenvalue weighted by Crippen LogP contribution is 2.60. The lowest BCUT2D eigenvalue weighted by Gasteiger charge is -2.36. The van der Waals surface area contributed by atoms with E-state index in [0.29, 0.717) is 5.56 Å². The van der Waals surface area contributed by atoms with Gasteiger partial charge in [0, 0.05) is 21.8 Å². The Bertz CT molecular complexity index is 4170. The predicted molar refractivity (Wildman–Crippen MR) is 302 cm³/mol. The van der Waals surface area contributed by atoms with Crippen LogP contribution in [-0.2, 0) is 10.8 Å². The van der Waals surface area contributed by atoms with Gasteiger partial charge in [0.15, 0.2) is 0 Å². The molecule has 2 heteroatoms. The molecule has 0 amide bonds. The summed E-state index contributed by atoms with van der Waals surface area (Å²) in [6, 6.07) is 88.2. The van der Waals surface area contributed by atoms with Gasteiger partial charge >= 0.3 is 0 Å². The minimum atomic E-state index is -0.888. The standard InChI is InChI=1S/C70H47NS/c1-7-19-48(20-8-1)50-31-36-60-62-38-33-58(46-66(62)69(64(60)44-50,53-23-11-3-12-24-53)54-25-13-4-14-26-54)71(57-35-40-68-52(43-57)41-42-72-68)59-34-39-63-61-37-32-51(49-21-9-2-10-22-49)45-65(61)70(67(63)47-59,55-27-15-5-16-28-55)56-29-17-6-18-30-56/h1-47H/i1D,7D,8D,19D,20D. The highest BCUT2D eigenvalue weighted by atomic mass is 32.1. The van der Waals surface area contributed by atoms with Crippen LogP contribution in [0, 0.1) is 0 Å². The van der Waals surface area contributed by atoms with Crippen molar-refractivity contribution >= 4 is 38.5 Å². The molecule has 0 unspecified atom stereocenters. The molecule has 0 bridgehead atoms. The van der Waals surface area contributed by atoms with Gasteiger partial charge in [-0.1, -0.05) is 218 Å². The number of nitrogens with zero attached hydrogens (tertiary/aromatic N) is 1. The van der Waals surface area contributed by atoms with Crippen molar-refractivity contribution in [1.29, 1.82) is 0 Å². The van der Waals surface area contributed by atoms with E-state index in [2.05, 4.69) is 241 Å². The summed E-state index contributed by atoms with van der Waals surface area (Å²) in [5, 5.41) is 3.32. The first-order valence-corrected chi connectivity index (χ1v) is 25.4. The van der Waals surface area contributed by atoms with Gasteiger partial charge in [-0.05, 0) is 160 Å². The number of benzene rings is 11. The SMILES string of the molecule is [2H]c1c([2H])c([2H])c(-c2ccc3c(c2)C(c2ccccc2)(c2ccccc2)c2cc(N(c4ccc5c(c4)C(c4ccccc4)(c4ccccc4)c4cc(-c6ccccc6)ccc4-5)c4ccc5sccc5c4)ccc2-3)c([2H])c1[2H]. The number of anilines is 3. The Hall–Kier alpha value is -8.82. The van der Waals surface area contributed by atoms with E-state index < -0.39 is 16.9 Å². The molecule has 12 aromatic rings. The van der Waals surface area contributed by atoms with Crippen LogP contribution >= 0.6 is 11.3 Å². The van der Waals surface area contributed by atoms with Crippen molar-refractivity contribution in [2.24, 2.45) is 0 Å². The van der Waals surface area contributed by atoms with Crippen molar-refractivity contribution in [2.75, 3.05) is 4.90 Å². The molecule has 11 aromatic carbocycles. The predicted octanol–water partition coefficient (Wildman–Crippen LogP) is 18.4. The van der Waals surface area contributed by atoms with Crippen LogP contribution in [0.1, 0.15) is 51.4 Å². The van der Waals surface area contributed by atoms with Crippen LogP contribution in [0.4, 0.5) is 17.1 Å². The van der Waals surface area contributed by atoms with Crippen molar-refractivity contribution in [3.8, 4) is 44.5 Å². The quantitative estimate of drug-likeness (QED) is 0.139. The highest BCUT2D eigenvalue weighted by molar-refractivity contribution is 7.17. The molecule has 0 aliphatic heterocycles. The highest BCUT2D eigenvalue weighted by Gasteiger charge is 2.48. The Morgan fingerprint density at radius 1 is 0.319 bits per heavy atom. The van der Waals surface area contributed by atoms with E-state index in [4.69, 9.17) is 6.85 Å². The second-order valence-electron chi connectivity index (χ2n) is 18.8. The van der Waals surface area contributed by atoms with Gasteiger partial charge in [0.2, 0.25) is 0 Å². The summed E-state index contributed by atoms with van der Waals surface area (Å²) in [7, 11) is 0. The lowest BCUT2D eigenvalue weighted by molar-refractivity contribution is 0.767. The van der Waals surface area contributed by atoms with Gasteiger partial charge in [-0.3, -0.25) is 0 Å². The molecule has 0 spiro atoms. The molecule has 0 radical (unpaired) electrons. The molecule has 0 fully saturated rings. The normalized spacial score (nSPS) is 14.5. The van der Waals surface area contributed by atoms with E-state index in [9.17, 15) is 0 Å². The third-order valence-electron chi connectivity index (χ3n) is 15.2. The van der Waals surface area contributed by atoms with Crippen molar-refractivity contribution in [1.82, 2.24) is 0 Å². The average molecular weight is 939 g/mol. The summed E-state index contributed by atoms with van der Waals surface area (Å²) in [6.07, 6.45) is 0. The number of rotatable bonds is 9. The van der Waals surface area contributed by atoms with Gasteiger partial charge in [-0.2, -0.15) is 0 Å². The minimum Gasteiger partial charge on any atom is -0.310 e. The van der Waals surface area contributed by atoms with Crippen LogP contribution in [0.5, 0.6) is 0 Å². The zero-order valence-electron chi connectivity index (χ0n) is 44.1. The molecular weight excluding hydrogens is 887 g/mol. The fourth-order valence-electron chi connectivity index (χ4n) is 12.1. The van der Waals surface area contributed by atoms with Crippen LogP contribution in [0.3, 0.4) is 0 Å². The topological polar surface area (TPSA) is 3.24 Å². The van der Waals surface area contributed by atoms with Crippen LogP contribution < -0.4 is 4.90 Å². The van der Waals surface area contributed by atoms with Gasteiger partial charge in [0.05, 0.1) is 17.7 Å². The minimum absolute atomic E-state index is 0.178. The third-order valence-corrected chi connectivity index (χ3v) is 16.1. The van der Waals surface area contributed by atoms with E-state index in [1.165, 1.54) is 54.6 Å². The largest absolute Gasteiger partial charge is 0.310 e. The fraction of sp³-hybridized carbons (Fsp3) is 0.0286. The first-order chi connectivity index (χ1) is 37.8. The van der Waals surface area contributed by atoms with Crippen molar-refractivity contribution < 1.29 is 6.85 Å². The Kier molecular flexibility index (Phi) is 8.73. The third kappa shape index (κ3) is 6.39. The summed E-state index contributed by atoms with van der Waals surface area (Å²) in [5.41, 5.74) is 17.9. The van der Waals surface area contributed by atoms with Crippen molar-refractivity contribution in [3.63, 3.8) is 0 Å². The first-order valence-electron chi connectivity index (χ1n) is 27.0. The van der Waals surface area contributed by atoms with Gasteiger partial charge in [-0.25, -0.2) is 0 Å². The second kappa shape index (κ2) is 16.9. The molecule has 1 nitrogen and oxygen atoms in total. The lowest BCUT2D eigenvalue weighted by Crippen LogP contribution is -2.29. The van der Waals surface area contributed by atoms with E-state index >= 15 is 0 Å². The molecule has 2 aliphatic rings. The van der Waals surface area contributed by atoms with Crippen LogP contribution in [-0.4, -0.2) is 0 Å². The molecular formula is C70H47NS. The molecule has 0 saturated carbocycles. The summed E-state index contributed by atoms with van der Waals surface area (Å²) in [6.45, 7) is 0. The summed E-state index contributed by atoms with van der Waals surface area (Å²) in [5.74, 6) is 0. The number of fused-ring (bicyclic) bond motifs is 7. The zero-order valence-corrected chi connectivity index (χ0v) is 39.9. The molecule has 2 aliphatic carbocycles. The summed E-state index contributed by atoms with van der Waals surface area (Å²) < 4.78 is 45.1. The summed E-state index contributed by atoms with van der Waals surface area (Å²) in [4.78, 5) is 2.42.